The fraction of sp³-hybridized carbons (Fsp3) is 0.667. The average Bonchev–Trinajstić information content (AvgIpc) is 3.15. The van der Waals surface area contributed by atoms with Gasteiger partial charge < -0.3 is 25.0 Å². The number of hydrogen-bond acceptors (Lipinski definition) is 4. The Morgan fingerprint density at radius 1 is 1.19 bits per heavy atom. The molecule has 1 unspecified atom stereocenters. The van der Waals surface area contributed by atoms with E-state index in [0.29, 0.717) is 13.3 Å². The zero-order valence-corrected chi connectivity index (χ0v) is 16.8. The van der Waals surface area contributed by atoms with Crippen molar-refractivity contribution in [3.63, 3.8) is 0 Å². The topological polar surface area (TPSA) is 58.1 Å². The van der Waals surface area contributed by atoms with Gasteiger partial charge in [0, 0.05) is 19.1 Å². The van der Waals surface area contributed by atoms with Crippen molar-refractivity contribution < 1.29 is 9.47 Å². The fourth-order valence-corrected chi connectivity index (χ4v) is 3.69. The number of ether oxygens (including phenoxy) is 2. The average molecular weight is 375 g/mol. The highest BCUT2D eigenvalue weighted by molar-refractivity contribution is 5.79. The zero-order chi connectivity index (χ0) is 18.9. The summed E-state index contributed by atoms with van der Waals surface area (Å²) < 4.78 is 10.8. The summed E-state index contributed by atoms with van der Waals surface area (Å²) in [5.41, 5.74) is 1.12. The van der Waals surface area contributed by atoms with E-state index in [2.05, 4.69) is 29.4 Å². The van der Waals surface area contributed by atoms with Gasteiger partial charge in [-0.3, -0.25) is 0 Å². The number of guanidine groups is 1. The molecule has 6 nitrogen and oxygen atoms in total. The Labute approximate surface area is 163 Å². The molecule has 0 aromatic heterocycles. The molecule has 2 N–H and O–H groups in total. The van der Waals surface area contributed by atoms with E-state index < -0.39 is 0 Å². The second-order valence-corrected chi connectivity index (χ2v) is 7.40. The summed E-state index contributed by atoms with van der Waals surface area (Å²) in [6.45, 7) is 9.69. The van der Waals surface area contributed by atoms with Crippen molar-refractivity contribution >= 4 is 5.96 Å². The maximum absolute atomic E-state index is 5.44. The van der Waals surface area contributed by atoms with Crippen LogP contribution in [0, 0.1) is 0 Å². The van der Waals surface area contributed by atoms with Crippen LogP contribution in [0.5, 0.6) is 11.5 Å². The maximum Gasteiger partial charge on any atom is 0.231 e. The van der Waals surface area contributed by atoms with Crippen LogP contribution in [0.3, 0.4) is 0 Å². The quantitative estimate of drug-likeness (QED) is 0.416. The van der Waals surface area contributed by atoms with Crippen LogP contribution >= 0.6 is 0 Å². The van der Waals surface area contributed by atoms with Gasteiger partial charge in [0.2, 0.25) is 6.79 Å². The number of likely N-dealkylation sites (tertiary alicyclic amines) is 1. The minimum absolute atomic E-state index is 0.308. The summed E-state index contributed by atoms with van der Waals surface area (Å²) in [5.74, 6) is 2.50. The lowest BCUT2D eigenvalue weighted by Gasteiger charge is -2.33. The first-order valence-corrected chi connectivity index (χ1v) is 10.4. The molecule has 0 aliphatic carbocycles. The smallest absolute Gasteiger partial charge is 0.231 e. The lowest BCUT2D eigenvalue weighted by Crippen LogP contribution is -2.39. The molecular formula is C21H34N4O2. The van der Waals surface area contributed by atoms with Gasteiger partial charge in [0.1, 0.15) is 0 Å². The normalized spacial score (nSPS) is 19.9. The first kappa shape index (κ1) is 19.8. The first-order valence-electron chi connectivity index (χ1n) is 10.4. The van der Waals surface area contributed by atoms with Gasteiger partial charge in [-0.1, -0.05) is 12.5 Å². The van der Waals surface area contributed by atoms with E-state index in [-0.39, 0.29) is 0 Å². The van der Waals surface area contributed by atoms with Gasteiger partial charge in [-0.05, 0) is 70.3 Å². The molecule has 2 aliphatic heterocycles. The molecule has 27 heavy (non-hydrogen) atoms. The van der Waals surface area contributed by atoms with Crippen molar-refractivity contribution in [2.24, 2.45) is 4.99 Å². The van der Waals surface area contributed by atoms with Crippen LogP contribution in [0.15, 0.2) is 23.2 Å². The monoisotopic (exact) mass is 374 g/mol. The Bertz CT molecular complexity index is 620. The second kappa shape index (κ2) is 10.4. The van der Waals surface area contributed by atoms with Crippen LogP contribution in [-0.4, -0.2) is 49.9 Å². The SMILES string of the molecule is CCNC(=NCc1ccc2c(c1)OCO2)NCCCCN1CCCCC1C. The molecular weight excluding hydrogens is 340 g/mol. The lowest BCUT2D eigenvalue weighted by atomic mass is 10.0. The molecule has 1 saturated heterocycles. The Morgan fingerprint density at radius 3 is 2.93 bits per heavy atom. The van der Waals surface area contributed by atoms with E-state index in [4.69, 9.17) is 14.5 Å². The van der Waals surface area contributed by atoms with Crippen molar-refractivity contribution in [2.75, 3.05) is 33.0 Å². The Morgan fingerprint density at radius 2 is 2.07 bits per heavy atom. The van der Waals surface area contributed by atoms with Gasteiger partial charge in [-0.15, -0.1) is 0 Å². The Balaban J connectivity index is 1.39. The summed E-state index contributed by atoms with van der Waals surface area (Å²) in [6.07, 6.45) is 6.51. The number of nitrogens with zero attached hydrogens (tertiary/aromatic N) is 2. The molecule has 0 amide bonds. The molecule has 1 aromatic rings. The number of piperidine rings is 1. The standard InChI is InChI=1S/C21H34N4O2/c1-3-22-21(23-11-5-7-13-25-12-6-4-8-17(25)2)24-15-18-9-10-19-20(14-18)27-16-26-19/h9-10,14,17H,3-8,11-13,15-16H2,1-2H3,(H2,22,23,24). The van der Waals surface area contributed by atoms with Crippen molar-refractivity contribution in [1.82, 2.24) is 15.5 Å². The number of fused-ring (bicyclic) bond motifs is 1. The van der Waals surface area contributed by atoms with Gasteiger partial charge in [0.25, 0.3) is 0 Å². The first-order chi connectivity index (χ1) is 13.3. The van der Waals surface area contributed by atoms with E-state index in [1.54, 1.807) is 0 Å². The molecule has 2 heterocycles. The molecule has 150 valence electrons. The number of benzene rings is 1. The third-order valence-corrected chi connectivity index (χ3v) is 5.31. The van der Waals surface area contributed by atoms with Crippen molar-refractivity contribution in [3.05, 3.63) is 23.8 Å². The Kier molecular flexibility index (Phi) is 7.63. The molecule has 3 rings (SSSR count). The van der Waals surface area contributed by atoms with Gasteiger partial charge >= 0.3 is 0 Å². The third-order valence-electron chi connectivity index (χ3n) is 5.31. The van der Waals surface area contributed by atoms with Crippen LogP contribution in [0.2, 0.25) is 0 Å². The second-order valence-electron chi connectivity index (χ2n) is 7.40. The van der Waals surface area contributed by atoms with Crippen LogP contribution < -0.4 is 20.1 Å². The molecule has 1 fully saturated rings. The molecule has 0 radical (unpaired) electrons. The number of hydrogen-bond donors (Lipinski definition) is 2. The largest absolute Gasteiger partial charge is 0.454 e. The van der Waals surface area contributed by atoms with Gasteiger partial charge in [-0.25, -0.2) is 4.99 Å². The van der Waals surface area contributed by atoms with Crippen molar-refractivity contribution in [3.8, 4) is 11.5 Å². The summed E-state index contributed by atoms with van der Waals surface area (Å²) in [6, 6.07) is 6.76. The molecule has 1 atom stereocenters. The maximum atomic E-state index is 5.44. The minimum Gasteiger partial charge on any atom is -0.454 e. The van der Waals surface area contributed by atoms with E-state index in [1.807, 2.05) is 18.2 Å². The molecule has 2 aliphatic rings. The molecule has 0 spiro atoms. The molecule has 6 heteroatoms. The number of unbranched alkanes of at least 4 members (excludes halogenated alkanes) is 1. The summed E-state index contributed by atoms with van der Waals surface area (Å²) in [5, 5.41) is 6.78. The molecule has 0 bridgehead atoms. The van der Waals surface area contributed by atoms with Gasteiger partial charge in [0.15, 0.2) is 17.5 Å². The van der Waals surface area contributed by atoms with Crippen LogP contribution in [0.4, 0.5) is 0 Å². The van der Waals surface area contributed by atoms with Crippen LogP contribution in [0.1, 0.15) is 51.5 Å². The van der Waals surface area contributed by atoms with Crippen LogP contribution in [-0.2, 0) is 6.54 Å². The Hall–Kier alpha value is -1.95. The summed E-state index contributed by atoms with van der Waals surface area (Å²) in [7, 11) is 0. The van der Waals surface area contributed by atoms with E-state index in [0.717, 1.165) is 48.6 Å². The predicted octanol–water partition coefficient (Wildman–Crippen LogP) is 3.13. The van der Waals surface area contributed by atoms with E-state index in [1.165, 1.54) is 38.8 Å². The highest BCUT2D eigenvalue weighted by Crippen LogP contribution is 2.32. The molecule has 0 saturated carbocycles. The lowest BCUT2D eigenvalue weighted by molar-refractivity contribution is 0.158. The van der Waals surface area contributed by atoms with E-state index in [9.17, 15) is 0 Å². The summed E-state index contributed by atoms with van der Waals surface area (Å²) in [4.78, 5) is 7.34. The fourth-order valence-electron chi connectivity index (χ4n) is 3.69. The van der Waals surface area contributed by atoms with Gasteiger partial charge in [0.05, 0.1) is 6.54 Å². The zero-order valence-electron chi connectivity index (χ0n) is 16.8. The highest BCUT2D eigenvalue weighted by Gasteiger charge is 2.17. The van der Waals surface area contributed by atoms with Crippen molar-refractivity contribution in [2.45, 2.75) is 58.5 Å². The predicted molar refractivity (Wildman–Crippen MR) is 110 cm³/mol. The minimum atomic E-state index is 0.308. The number of aliphatic imine (C=N–C) groups is 1. The van der Waals surface area contributed by atoms with Crippen LogP contribution in [0.25, 0.3) is 0 Å². The van der Waals surface area contributed by atoms with E-state index >= 15 is 0 Å². The van der Waals surface area contributed by atoms with Crippen molar-refractivity contribution in [1.29, 1.82) is 0 Å². The van der Waals surface area contributed by atoms with Gasteiger partial charge in [-0.2, -0.15) is 0 Å². The number of nitrogens with one attached hydrogen (secondary N) is 2. The molecule has 1 aromatic carbocycles. The summed E-state index contributed by atoms with van der Waals surface area (Å²) >= 11 is 0. The highest BCUT2D eigenvalue weighted by atomic mass is 16.7. The number of rotatable bonds is 8. The third kappa shape index (κ3) is 6.03.